The Morgan fingerprint density at radius 3 is 2.64 bits per heavy atom. The van der Waals surface area contributed by atoms with Gasteiger partial charge in [0.25, 0.3) is 5.91 Å². The molecule has 1 unspecified atom stereocenters. The molecule has 1 aromatic carbocycles. The van der Waals surface area contributed by atoms with E-state index >= 15 is 0 Å². The Balaban J connectivity index is 1.66. The summed E-state index contributed by atoms with van der Waals surface area (Å²) in [5.74, 6) is -0.911. The highest BCUT2D eigenvalue weighted by Crippen LogP contribution is 2.19. The van der Waals surface area contributed by atoms with E-state index in [-0.39, 0.29) is 11.5 Å². The molecule has 2 aromatic rings. The molecule has 7 heteroatoms. The molecule has 1 saturated heterocycles. The molecule has 3 rings (SSSR count). The van der Waals surface area contributed by atoms with Crippen LogP contribution in [0.5, 0.6) is 0 Å². The zero-order chi connectivity index (χ0) is 17.8. The van der Waals surface area contributed by atoms with Gasteiger partial charge in [-0.15, -0.1) is 0 Å². The van der Waals surface area contributed by atoms with Crippen LogP contribution < -0.4 is 10.2 Å². The predicted molar refractivity (Wildman–Crippen MR) is 89.5 cm³/mol. The summed E-state index contributed by atoms with van der Waals surface area (Å²) in [6, 6.07) is 6.17. The van der Waals surface area contributed by atoms with Crippen LogP contribution in [0.2, 0.25) is 0 Å². The molecule has 1 aliphatic heterocycles. The van der Waals surface area contributed by atoms with Crippen molar-refractivity contribution >= 4 is 11.7 Å². The molecule has 2 heterocycles. The van der Waals surface area contributed by atoms with E-state index < -0.39 is 17.7 Å². The van der Waals surface area contributed by atoms with Crippen LogP contribution in [-0.4, -0.2) is 37.2 Å². The largest absolute Gasteiger partial charge is 0.378 e. The predicted octanol–water partition coefficient (Wildman–Crippen LogP) is 2.69. The smallest absolute Gasteiger partial charge is 0.253 e. The molecular weight excluding hydrogens is 328 g/mol. The van der Waals surface area contributed by atoms with Gasteiger partial charge in [0, 0.05) is 30.9 Å². The fourth-order valence-electron chi connectivity index (χ4n) is 2.71. The average molecular weight is 347 g/mol. The molecule has 0 saturated carbocycles. The fraction of sp³-hybridized carbons (Fsp3) is 0.333. The van der Waals surface area contributed by atoms with Crippen molar-refractivity contribution in [3.63, 3.8) is 0 Å². The molecule has 1 fully saturated rings. The van der Waals surface area contributed by atoms with Crippen molar-refractivity contribution < 1.29 is 18.3 Å². The highest BCUT2D eigenvalue weighted by molar-refractivity contribution is 5.94. The summed E-state index contributed by atoms with van der Waals surface area (Å²) >= 11 is 0. The molecule has 0 bridgehead atoms. The molecule has 0 aliphatic carbocycles. The average Bonchev–Trinajstić information content (AvgIpc) is 2.62. The number of nitrogens with one attached hydrogen (secondary N) is 1. The molecular formula is C18H19F2N3O2. The standard InChI is InChI=1S/C18H19F2N3O2/c1-12(15-4-3-14(19)10-16(15)20)22-18(24)13-2-5-17(21-11-13)23-6-8-25-9-7-23/h2-5,10-12H,6-9H2,1H3,(H,22,24). The molecule has 1 amide bonds. The second-order valence-electron chi connectivity index (χ2n) is 5.87. The number of morpholine rings is 1. The second-order valence-corrected chi connectivity index (χ2v) is 5.87. The van der Waals surface area contributed by atoms with Crippen LogP contribution in [0.1, 0.15) is 28.9 Å². The monoisotopic (exact) mass is 347 g/mol. The maximum atomic E-state index is 13.8. The van der Waals surface area contributed by atoms with Crippen molar-refractivity contribution in [1.82, 2.24) is 10.3 Å². The van der Waals surface area contributed by atoms with E-state index in [1.165, 1.54) is 18.3 Å². The molecule has 132 valence electrons. The first-order chi connectivity index (χ1) is 12.0. The Morgan fingerprint density at radius 2 is 2.00 bits per heavy atom. The van der Waals surface area contributed by atoms with Crippen LogP contribution in [0.4, 0.5) is 14.6 Å². The first kappa shape index (κ1) is 17.3. The van der Waals surface area contributed by atoms with Crippen molar-refractivity contribution in [2.75, 3.05) is 31.2 Å². The van der Waals surface area contributed by atoms with E-state index in [0.29, 0.717) is 18.8 Å². The number of nitrogens with zero attached hydrogens (tertiary/aromatic N) is 2. The first-order valence-electron chi connectivity index (χ1n) is 8.09. The molecule has 5 nitrogen and oxygen atoms in total. The minimum atomic E-state index is -0.686. The number of amides is 1. The van der Waals surface area contributed by atoms with Gasteiger partial charge in [-0.2, -0.15) is 0 Å². The summed E-state index contributed by atoms with van der Waals surface area (Å²) in [6.07, 6.45) is 1.49. The van der Waals surface area contributed by atoms with Crippen LogP contribution >= 0.6 is 0 Å². The van der Waals surface area contributed by atoms with E-state index in [1.54, 1.807) is 19.1 Å². The number of carbonyl (C=O) groups excluding carboxylic acids is 1. The van der Waals surface area contributed by atoms with Crippen molar-refractivity contribution in [1.29, 1.82) is 0 Å². The van der Waals surface area contributed by atoms with E-state index in [1.807, 2.05) is 0 Å². The van der Waals surface area contributed by atoms with Gasteiger partial charge in [-0.05, 0) is 25.1 Å². The second kappa shape index (κ2) is 7.57. The SMILES string of the molecule is CC(NC(=O)c1ccc(N2CCOCC2)nc1)c1ccc(F)cc1F. The molecule has 0 radical (unpaired) electrons. The Labute approximate surface area is 144 Å². The Kier molecular flexibility index (Phi) is 5.23. The van der Waals surface area contributed by atoms with Crippen LogP contribution in [0.3, 0.4) is 0 Å². The topological polar surface area (TPSA) is 54.5 Å². The third-order valence-corrected chi connectivity index (χ3v) is 4.12. The number of aromatic nitrogens is 1. The maximum absolute atomic E-state index is 13.8. The minimum absolute atomic E-state index is 0.229. The normalized spacial score (nSPS) is 15.7. The Morgan fingerprint density at radius 1 is 1.24 bits per heavy atom. The molecule has 0 spiro atoms. The highest BCUT2D eigenvalue weighted by atomic mass is 19.1. The lowest BCUT2D eigenvalue weighted by molar-refractivity contribution is 0.0939. The lowest BCUT2D eigenvalue weighted by Crippen LogP contribution is -2.36. The van der Waals surface area contributed by atoms with Crippen LogP contribution in [0.15, 0.2) is 36.5 Å². The molecule has 1 aliphatic rings. The van der Waals surface area contributed by atoms with Gasteiger partial charge in [0.1, 0.15) is 17.5 Å². The number of halogens is 2. The summed E-state index contributed by atoms with van der Waals surface area (Å²) in [4.78, 5) is 18.7. The number of pyridine rings is 1. The van der Waals surface area contributed by atoms with E-state index in [4.69, 9.17) is 4.74 Å². The molecule has 1 N–H and O–H groups in total. The number of anilines is 1. The summed E-state index contributed by atoms with van der Waals surface area (Å²) in [6.45, 7) is 4.48. The quantitative estimate of drug-likeness (QED) is 0.924. The number of benzene rings is 1. The summed E-state index contributed by atoms with van der Waals surface area (Å²) in [7, 11) is 0. The molecule has 25 heavy (non-hydrogen) atoms. The number of carbonyl (C=O) groups is 1. The van der Waals surface area contributed by atoms with E-state index in [0.717, 1.165) is 25.0 Å². The van der Waals surface area contributed by atoms with Gasteiger partial charge in [0.15, 0.2) is 0 Å². The highest BCUT2D eigenvalue weighted by Gasteiger charge is 2.17. The van der Waals surface area contributed by atoms with Gasteiger partial charge in [0.2, 0.25) is 0 Å². The van der Waals surface area contributed by atoms with E-state index in [2.05, 4.69) is 15.2 Å². The van der Waals surface area contributed by atoms with Gasteiger partial charge < -0.3 is 15.0 Å². The van der Waals surface area contributed by atoms with Gasteiger partial charge in [-0.1, -0.05) is 6.07 Å². The Bertz CT molecular complexity index is 746. The summed E-state index contributed by atoms with van der Waals surface area (Å²) < 4.78 is 32.1. The third-order valence-electron chi connectivity index (χ3n) is 4.12. The zero-order valence-electron chi connectivity index (χ0n) is 13.8. The van der Waals surface area contributed by atoms with Crippen LogP contribution in [0, 0.1) is 11.6 Å². The number of rotatable bonds is 4. The van der Waals surface area contributed by atoms with E-state index in [9.17, 15) is 13.6 Å². The van der Waals surface area contributed by atoms with Crippen molar-refractivity contribution in [2.24, 2.45) is 0 Å². The van der Waals surface area contributed by atoms with Gasteiger partial charge in [-0.25, -0.2) is 13.8 Å². The van der Waals surface area contributed by atoms with Crippen molar-refractivity contribution in [3.8, 4) is 0 Å². The van der Waals surface area contributed by atoms with Gasteiger partial charge in [0.05, 0.1) is 24.8 Å². The molecule has 1 aromatic heterocycles. The van der Waals surface area contributed by atoms with Gasteiger partial charge in [-0.3, -0.25) is 4.79 Å². The maximum Gasteiger partial charge on any atom is 0.253 e. The lowest BCUT2D eigenvalue weighted by atomic mass is 10.1. The number of hydrogen-bond acceptors (Lipinski definition) is 4. The molecule has 1 atom stereocenters. The van der Waals surface area contributed by atoms with Crippen molar-refractivity contribution in [2.45, 2.75) is 13.0 Å². The summed E-state index contributed by atoms with van der Waals surface area (Å²) in [5.41, 5.74) is 0.610. The fourth-order valence-corrected chi connectivity index (χ4v) is 2.71. The third kappa shape index (κ3) is 4.11. The number of hydrogen-bond donors (Lipinski definition) is 1. The Hall–Kier alpha value is -2.54. The van der Waals surface area contributed by atoms with Crippen molar-refractivity contribution in [3.05, 3.63) is 59.3 Å². The minimum Gasteiger partial charge on any atom is -0.378 e. The number of ether oxygens (including phenoxy) is 1. The lowest BCUT2D eigenvalue weighted by Gasteiger charge is -2.27. The summed E-state index contributed by atoms with van der Waals surface area (Å²) in [5, 5.41) is 2.70. The van der Waals surface area contributed by atoms with Crippen LogP contribution in [-0.2, 0) is 4.74 Å². The van der Waals surface area contributed by atoms with Gasteiger partial charge >= 0.3 is 0 Å². The van der Waals surface area contributed by atoms with Crippen LogP contribution in [0.25, 0.3) is 0 Å². The first-order valence-corrected chi connectivity index (χ1v) is 8.09. The zero-order valence-corrected chi connectivity index (χ0v) is 13.8.